The van der Waals surface area contributed by atoms with Crippen molar-refractivity contribution in [3.63, 3.8) is 0 Å². The van der Waals surface area contributed by atoms with Crippen molar-refractivity contribution in [3.05, 3.63) is 59.0 Å². The number of aliphatic carboxylic acids is 1. The van der Waals surface area contributed by atoms with E-state index < -0.39 is 41.5 Å². The molecule has 0 aliphatic carbocycles. The summed E-state index contributed by atoms with van der Waals surface area (Å²) in [6.45, 7) is 5.22. The molecule has 0 spiro atoms. The van der Waals surface area contributed by atoms with Crippen LogP contribution in [0.1, 0.15) is 54.2 Å². The zero-order valence-electron chi connectivity index (χ0n) is 18.6. The molecule has 6 nitrogen and oxygen atoms in total. The van der Waals surface area contributed by atoms with Crippen molar-refractivity contribution in [3.8, 4) is 11.5 Å². The molecular weight excluding hydrogens is 458 g/mol. The van der Waals surface area contributed by atoms with E-state index in [1.165, 1.54) is 13.0 Å². The van der Waals surface area contributed by atoms with Crippen LogP contribution in [0.2, 0.25) is 0 Å². The molecule has 182 valence electrons. The molecular formula is C24H23F4NO5. The summed E-state index contributed by atoms with van der Waals surface area (Å²) in [5.74, 6) is -5.33. The van der Waals surface area contributed by atoms with Gasteiger partial charge in [0, 0.05) is 16.6 Å². The van der Waals surface area contributed by atoms with Crippen LogP contribution in [0.15, 0.2) is 36.4 Å². The molecule has 0 radical (unpaired) electrons. The van der Waals surface area contributed by atoms with Gasteiger partial charge in [-0.2, -0.15) is 0 Å². The van der Waals surface area contributed by atoms with E-state index in [9.17, 15) is 33.0 Å². The van der Waals surface area contributed by atoms with Gasteiger partial charge in [0.2, 0.25) is 0 Å². The third kappa shape index (κ3) is 4.85. The predicted octanol–water partition coefficient (Wildman–Crippen LogP) is 5.99. The molecule has 10 heteroatoms. The molecule has 3 aromatic rings. The van der Waals surface area contributed by atoms with Gasteiger partial charge in [0.15, 0.2) is 11.6 Å². The van der Waals surface area contributed by atoms with Crippen molar-refractivity contribution in [2.45, 2.75) is 45.9 Å². The minimum Gasteiger partial charge on any atom is -0.505 e. The van der Waals surface area contributed by atoms with E-state index in [4.69, 9.17) is 0 Å². The molecule has 2 N–H and O–H groups in total. The molecule has 1 heterocycles. The Labute approximate surface area is 192 Å². The van der Waals surface area contributed by atoms with Gasteiger partial charge in [-0.15, -0.1) is 13.2 Å². The van der Waals surface area contributed by atoms with E-state index in [2.05, 4.69) is 4.74 Å². The van der Waals surface area contributed by atoms with E-state index in [0.29, 0.717) is 6.42 Å². The average Bonchev–Trinajstić information content (AvgIpc) is 3.05. The molecule has 0 aliphatic rings. The highest BCUT2D eigenvalue weighted by Crippen LogP contribution is 2.40. The number of nitrogens with zero attached hydrogens (tertiary/aromatic N) is 1. The number of carbonyl (C=O) groups is 2. The SMILES string of the molecule is CCC(C)C[C@H](C(=O)O)c1c(C)n(C(=O)c2ccc(OC(F)(F)F)cc2)c2ccc(O)c(F)c12. The third-order valence-corrected chi connectivity index (χ3v) is 5.85. The second-order valence-corrected chi connectivity index (χ2v) is 8.14. The predicted molar refractivity (Wildman–Crippen MR) is 116 cm³/mol. The molecule has 0 saturated heterocycles. The fourth-order valence-electron chi connectivity index (χ4n) is 4.01. The number of alkyl halides is 3. The van der Waals surface area contributed by atoms with Gasteiger partial charge in [-0.3, -0.25) is 14.2 Å². The van der Waals surface area contributed by atoms with Crippen LogP contribution >= 0.6 is 0 Å². The number of aromatic hydroxyl groups is 1. The van der Waals surface area contributed by atoms with E-state index in [1.807, 2.05) is 13.8 Å². The minimum absolute atomic E-state index is 0.0175. The highest BCUT2D eigenvalue weighted by Gasteiger charge is 2.33. The molecule has 0 bridgehead atoms. The van der Waals surface area contributed by atoms with Crippen LogP contribution in [-0.4, -0.2) is 33.0 Å². The van der Waals surface area contributed by atoms with Crippen molar-refractivity contribution in [1.29, 1.82) is 0 Å². The number of hydrogen-bond donors (Lipinski definition) is 2. The Kier molecular flexibility index (Phi) is 6.90. The second kappa shape index (κ2) is 9.36. The second-order valence-electron chi connectivity index (χ2n) is 8.14. The lowest BCUT2D eigenvalue weighted by Gasteiger charge is -2.18. The van der Waals surface area contributed by atoms with Crippen molar-refractivity contribution in [2.75, 3.05) is 0 Å². The highest BCUT2D eigenvalue weighted by molar-refractivity contribution is 6.05. The van der Waals surface area contributed by atoms with Crippen LogP contribution in [-0.2, 0) is 4.79 Å². The monoisotopic (exact) mass is 481 g/mol. The number of carboxylic acids is 1. The number of hydrogen-bond acceptors (Lipinski definition) is 4. The number of ether oxygens (including phenoxy) is 1. The van der Waals surface area contributed by atoms with Gasteiger partial charge in [0.25, 0.3) is 5.91 Å². The lowest BCUT2D eigenvalue weighted by molar-refractivity contribution is -0.274. The molecule has 2 atom stereocenters. The van der Waals surface area contributed by atoms with Gasteiger partial charge < -0.3 is 14.9 Å². The Morgan fingerprint density at radius 1 is 1.12 bits per heavy atom. The number of phenolic OH excluding ortho intramolecular Hbond substituents is 1. The Bertz CT molecular complexity index is 1230. The number of rotatable bonds is 7. The van der Waals surface area contributed by atoms with E-state index >= 15 is 4.39 Å². The molecule has 3 rings (SSSR count). The number of carboxylic acid groups (broad SMARTS) is 1. The van der Waals surface area contributed by atoms with E-state index in [0.717, 1.165) is 34.9 Å². The molecule has 0 fully saturated rings. The maximum absolute atomic E-state index is 15.1. The third-order valence-electron chi connectivity index (χ3n) is 5.85. The Balaban J connectivity index is 2.19. The van der Waals surface area contributed by atoms with Crippen LogP contribution in [0.4, 0.5) is 17.6 Å². The molecule has 34 heavy (non-hydrogen) atoms. The smallest absolute Gasteiger partial charge is 0.505 e. The van der Waals surface area contributed by atoms with Crippen LogP contribution in [0, 0.1) is 18.7 Å². The van der Waals surface area contributed by atoms with Crippen LogP contribution in [0.25, 0.3) is 10.9 Å². The highest BCUT2D eigenvalue weighted by atomic mass is 19.4. The number of halogens is 4. The summed E-state index contributed by atoms with van der Waals surface area (Å²) in [6, 6.07) is 6.54. The normalized spacial score (nSPS) is 13.6. The largest absolute Gasteiger partial charge is 0.573 e. The van der Waals surface area contributed by atoms with Crippen LogP contribution in [0.3, 0.4) is 0 Å². The fourth-order valence-corrected chi connectivity index (χ4v) is 4.01. The molecule has 0 saturated carbocycles. The number of aromatic nitrogens is 1. The van der Waals surface area contributed by atoms with Gasteiger partial charge in [0.05, 0.1) is 11.4 Å². The van der Waals surface area contributed by atoms with Gasteiger partial charge in [-0.05, 0) is 61.2 Å². The molecule has 0 amide bonds. The molecule has 1 unspecified atom stereocenters. The Hall–Kier alpha value is -3.56. The first-order valence-electron chi connectivity index (χ1n) is 10.5. The summed E-state index contributed by atoms with van der Waals surface area (Å²) in [7, 11) is 0. The Morgan fingerprint density at radius 3 is 2.26 bits per heavy atom. The zero-order valence-corrected chi connectivity index (χ0v) is 18.6. The topological polar surface area (TPSA) is 88.8 Å². The van der Waals surface area contributed by atoms with Crippen LogP contribution < -0.4 is 4.74 Å². The standard InChI is InChI=1S/C24H23F4NO5/c1-4-12(2)11-16(23(32)33)19-13(3)29(17-9-10-18(30)21(25)20(17)19)22(31)14-5-7-15(8-6-14)34-24(26,27)28/h5-10,12,16,30H,4,11H2,1-3H3,(H,32,33)/t12?,16-/m0/s1. The first-order valence-corrected chi connectivity index (χ1v) is 10.5. The molecule has 2 aromatic carbocycles. The molecule has 0 aliphatic heterocycles. The first-order chi connectivity index (χ1) is 15.9. The molecule has 1 aromatic heterocycles. The summed E-state index contributed by atoms with van der Waals surface area (Å²) in [6.07, 6.45) is -4.03. The van der Waals surface area contributed by atoms with Gasteiger partial charge in [-0.25, -0.2) is 4.39 Å². The van der Waals surface area contributed by atoms with Gasteiger partial charge >= 0.3 is 12.3 Å². The van der Waals surface area contributed by atoms with Crippen molar-refractivity contribution in [1.82, 2.24) is 4.57 Å². The van der Waals surface area contributed by atoms with E-state index in [-0.39, 0.29) is 40.1 Å². The number of benzene rings is 2. The van der Waals surface area contributed by atoms with Gasteiger partial charge in [0.1, 0.15) is 5.75 Å². The number of phenols is 1. The minimum atomic E-state index is -4.89. The van der Waals surface area contributed by atoms with E-state index in [1.54, 1.807) is 0 Å². The maximum atomic E-state index is 15.1. The van der Waals surface area contributed by atoms with Gasteiger partial charge in [-0.1, -0.05) is 20.3 Å². The first kappa shape index (κ1) is 25.1. The average molecular weight is 481 g/mol. The quantitative estimate of drug-likeness (QED) is 0.405. The van der Waals surface area contributed by atoms with Crippen molar-refractivity contribution in [2.24, 2.45) is 5.92 Å². The van der Waals surface area contributed by atoms with Crippen molar-refractivity contribution < 1.29 is 42.1 Å². The maximum Gasteiger partial charge on any atom is 0.573 e. The lowest BCUT2D eigenvalue weighted by Crippen LogP contribution is -2.18. The summed E-state index contributed by atoms with van der Waals surface area (Å²) >= 11 is 0. The number of fused-ring (bicyclic) bond motifs is 1. The zero-order chi connectivity index (χ0) is 25.4. The summed E-state index contributed by atoms with van der Waals surface area (Å²) in [5.41, 5.74) is 0.250. The lowest BCUT2D eigenvalue weighted by atomic mass is 9.87. The summed E-state index contributed by atoms with van der Waals surface area (Å²) in [4.78, 5) is 25.5. The van der Waals surface area contributed by atoms with Crippen LogP contribution in [0.5, 0.6) is 11.5 Å². The summed E-state index contributed by atoms with van der Waals surface area (Å²) < 4.78 is 57.3. The summed E-state index contributed by atoms with van der Waals surface area (Å²) in [5, 5.41) is 19.7. The van der Waals surface area contributed by atoms with Crippen molar-refractivity contribution >= 4 is 22.8 Å². The Morgan fingerprint density at radius 2 is 1.74 bits per heavy atom. The number of carbonyl (C=O) groups excluding carboxylic acids is 1. The fraction of sp³-hybridized carbons (Fsp3) is 0.333.